The van der Waals surface area contributed by atoms with E-state index in [4.69, 9.17) is 0 Å². The van der Waals surface area contributed by atoms with Crippen LogP contribution in [0.3, 0.4) is 0 Å². The molecule has 0 saturated heterocycles. The molecule has 0 unspecified atom stereocenters. The van der Waals surface area contributed by atoms with Gasteiger partial charge in [-0.2, -0.15) is 0 Å². The summed E-state index contributed by atoms with van der Waals surface area (Å²) in [5.41, 5.74) is 3.84. The number of benzene rings is 2. The van der Waals surface area contributed by atoms with Crippen molar-refractivity contribution in [1.29, 1.82) is 0 Å². The largest absolute Gasteiger partial charge is 0.317 e. The molecule has 0 saturated carbocycles. The molecule has 0 N–H and O–H groups in total. The Morgan fingerprint density at radius 1 is 0.810 bits per heavy atom. The second-order valence-corrected chi connectivity index (χ2v) is 5.12. The first kappa shape index (κ1) is 12.0. The molecule has 102 valence electrons. The minimum Gasteiger partial charge on any atom is -0.317 e. The fourth-order valence-corrected chi connectivity index (χ4v) is 2.84. The van der Waals surface area contributed by atoms with Crippen LogP contribution in [0, 0.1) is 0 Å². The maximum Gasteiger partial charge on any atom is 0.258 e. The molecule has 0 aliphatic carbocycles. The number of rotatable bonds is 1. The van der Waals surface area contributed by atoms with Gasteiger partial charge in [-0.3, -0.25) is 4.79 Å². The zero-order valence-electron chi connectivity index (χ0n) is 11.4. The third-order valence-corrected chi connectivity index (χ3v) is 3.85. The lowest BCUT2D eigenvalue weighted by Gasteiger charge is -2.31. The van der Waals surface area contributed by atoms with Gasteiger partial charge in [-0.25, -0.2) is 0 Å². The first-order valence-electron chi connectivity index (χ1n) is 6.97. The summed E-state index contributed by atoms with van der Waals surface area (Å²) in [4.78, 5) is 14.7. The van der Waals surface area contributed by atoms with Gasteiger partial charge in [0.05, 0.1) is 17.9 Å². The summed E-state index contributed by atoms with van der Waals surface area (Å²) < 4.78 is 2.14. The molecule has 3 nitrogen and oxygen atoms in total. The lowest BCUT2D eigenvalue weighted by molar-refractivity contribution is 0.0984. The van der Waals surface area contributed by atoms with Crippen molar-refractivity contribution < 1.29 is 4.79 Å². The van der Waals surface area contributed by atoms with Crippen molar-refractivity contribution in [1.82, 2.24) is 4.57 Å². The zero-order chi connectivity index (χ0) is 14.2. The monoisotopic (exact) mass is 274 g/mol. The summed E-state index contributed by atoms with van der Waals surface area (Å²) in [5.74, 6) is 0.0375. The van der Waals surface area contributed by atoms with Crippen molar-refractivity contribution >= 4 is 11.6 Å². The molecule has 1 aromatic heterocycles. The summed E-state index contributed by atoms with van der Waals surface area (Å²) in [6.45, 7) is 0.595. The lowest BCUT2D eigenvalue weighted by atomic mass is 10.1. The van der Waals surface area contributed by atoms with Crippen molar-refractivity contribution in [2.24, 2.45) is 0 Å². The summed E-state index contributed by atoms with van der Waals surface area (Å²) in [7, 11) is 0. The van der Waals surface area contributed by atoms with Gasteiger partial charge in [0.2, 0.25) is 0 Å². The van der Waals surface area contributed by atoms with Gasteiger partial charge in [-0.15, -0.1) is 0 Å². The van der Waals surface area contributed by atoms with E-state index in [0.29, 0.717) is 12.1 Å². The van der Waals surface area contributed by atoms with Crippen LogP contribution in [-0.4, -0.2) is 10.5 Å². The smallest absolute Gasteiger partial charge is 0.258 e. The topological polar surface area (TPSA) is 25.2 Å². The van der Waals surface area contributed by atoms with E-state index in [1.165, 1.54) is 0 Å². The van der Waals surface area contributed by atoms with Crippen LogP contribution in [-0.2, 0) is 6.54 Å². The van der Waals surface area contributed by atoms with Crippen molar-refractivity contribution in [2.45, 2.75) is 6.54 Å². The molecule has 0 spiro atoms. The van der Waals surface area contributed by atoms with Gasteiger partial charge in [0.25, 0.3) is 5.91 Å². The first-order chi connectivity index (χ1) is 10.3. The molecule has 0 radical (unpaired) electrons. The Bertz CT molecular complexity index is 805. The SMILES string of the molecule is O=C(c1ccccc1)N1Cc2cccn2-c2ccccc21. The maximum atomic E-state index is 12.8. The molecule has 1 amide bonds. The van der Waals surface area contributed by atoms with E-state index in [0.717, 1.165) is 17.1 Å². The Kier molecular flexibility index (Phi) is 2.64. The number of hydrogen-bond acceptors (Lipinski definition) is 1. The first-order valence-corrected chi connectivity index (χ1v) is 6.97. The number of anilines is 1. The van der Waals surface area contributed by atoms with Gasteiger partial charge in [0.1, 0.15) is 0 Å². The van der Waals surface area contributed by atoms with Crippen molar-refractivity contribution in [3.63, 3.8) is 0 Å². The van der Waals surface area contributed by atoms with E-state index in [9.17, 15) is 4.79 Å². The predicted molar refractivity (Wildman–Crippen MR) is 82.7 cm³/mol. The fraction of sp³-hybridized carbons (Fsp3) is 0.0556. The van der Waals surface area contributed by atoms with Gasteiger partial charge in [-0.1, -0.05) is 30.3 Å². The normalized spacial score (nSPS) is 12.7. The van der Waals surface area contributed by atoms with Crippen LogP contribution >= 0.6 is 0 Å². The van der Waals surface area contributed by atoms with Crippen LogP contribution < -0.4 is 4.90 Å². The van der Waals surface area contributed by atoms with Crippen LogP contribution in [0.2, 0.25) is 0 Å². The van der Waals surface area contributed by atoms with Crippen molar-refractivity contribution in [3.05, 3.63) is 84.2 Å². The minimum atomic E-state index is 0.0375. The molecule has 0 atom stereocenters. The van der Waals surface area contributed by atoms with Gasteiger partial charge in [0, 0.05) is 17.5 Å². The highest BCUT2D eigenvalue weighted by Crippen LogP contribution is 2.33. The molecule has 1 aliphatic rings. The van der Waals surface area contributed by atoms with Crippen LogP contribution in [0.25, 0.3) is 5.69 Å². The molecular formula is C18H14N2O. The van der Waals surface area contributed by atoms with Gasteiger partial charge < -0.3 is 9.47 Å². The van der Waals surface area contributed by atoms with E-state index in [1.807, 2.05) is 71.8 Å². The molecular weight excluding hydrogens is 260 g/mol. The zero-order valence-corrected chi connectivity index (χ0v) is 11.4. The number of carbonyl (C=O) groups excluding carboxylic acids is 1. The molecule has 3 heteroatoms. The third-order valence-electron chi connectivity index (χ3n) is 3.85. The number of amides is 1. The number of carbonyl (C=O) groups is 1. The number of fused-ring (bicyclic) bond motifs is 3. The maximum absolute atomic E-state index is 12.8. The quantitative estimate of drug-likeness (QED) is 0.665. The standard InChI is InChI=1S/C18H14N2O/c21-18(14-7-2-1-3-8-14)20-13-15-9-6-12-19(15)16-10-4-5-11-17(16)20/h1-12H,13H2. The molecule has 4 rings (SSSR count). The molecule has 2 heterocycles. The Hall–Kier alpha value is -2.81. The minimum absolute atomic E-state index is 0.0375. The van der Waals surface area contributed by atoms with Gasteiger partial charge in [0.15, 0.2) is 0 Å². The fourth-order valence-electron chi connectivity index (χ4n) is 2.84. The van der Waals surface area contributed by atoms with E-state index in [2.05, 4.69) is 10.6 Å². The molecule has 2 aromatic carbocycles. The number of aromatic nitrogens is 1. The average molecular weight is 274 g/mol. The summed E-state index contributed by atoms with van der Waals surface area (Å²) in [6, 6.07) is 21.5. The molecule has 3 aromatic rings. The highest BCUT2D eigenvalue weighted by molar-refractivity contribution is 6.07. The molecule has 1 aliphatic heterocycles. The highest BCUT2D eigenvalue weighted by atomic mass is 16.2. The Morgan fingerprint density at radius 3 is 2.33 bits per heavy atom. The Labute approximate surface area is 123 Å². The van der Waals surface area contributed by atoms with E-state index in [-0.39, 0.29) is 5.91 Å². The third kappa shape index (κ3) is 1.86. The second kappa shape index (κ2) is 4.63. The Balaban J connectivity index is 1.83. The predicted octanol–water partition coefficient (Wildman–Crippen LogP) is 3.64. The van der Waals surface area contributed by atoms with Gasteiger partial charge >= 0.3 is 0 Å². The van der Waals surface area contributed by atoms with Crippen LogP contribution in [0.15, 0.2) is 72.9 Å². The van der Waals surface area contributed by atoms with Crippen LogP contribution in [0.4, 0.5) is 5.69 Å². The van der Waals surface area contributed by atoms with E-state index < -0.39 is 0 Å². The van der Waals surface area contributed by atoms with E-state index in [1.54, 1.807) is 0 Å². The molecule has 0 fully saturated rings. The Morgan fingerprint density at radius 2 is 1.52 bits per heavy atom. The number of para-hydroxylation sites is 2. The average Bonchev–Trinajstić information content (AvgIpc) is 3.03. The number of hydrogen-bond donors (Lipinski definition) is 0. The van der Waals surface area contributed by atoms with Crippen LogP contribution in [0.5, 0.6) is 0 Å². The van der Waals surface area contributed by atoms with E-state index >= 15 is 0 Å². The summed E-state index contributed by atoms with van der Waals surface area (Å²) in [5, 5.41) is 0. The summed E-state index contributed by atoms with van der Waals surface area (Å²) in [6.07, 6.45) is 2.04. The highest BCUT2D eigenvalue weighted by Gasteiger charge is 2.26. The van der Waals surface area contributed by atoms with Crippen molar-refractivity contribution in [2.75, 3.05) is 4.90 Å². The second-order valence-electron chi connectivity index (χ2n) is 5.12. The summed E-state index contributed by atoms with van der Waals surface area (Å²) >= 11 is 0. The van der Waals surface area contributed by atoms with Crippen molar-refractivity contribution in [3.8, 4) is 5.69 Å². The molecule has 0 bridgehead atoms. The lowest BCUT2D eigenvalue weighted by Crippen LogP contribution is -2.34. The van der Waals surface area contributed by atoms with Gasteiger partial charge in [-0.05, 0) is 36.4 Å². The number of nitrogens with zero attached hydrogens (tertiary/aromatic N) is 2. The van der Waals surface area contributed by atoms with Crippen LogP contribution in [0.1, 0.15) is 16.1 Å². The molecule has 21 heavy (non-hydrogen) atoms.